The predicted molar refractivity (Wildman–Crippen MR) is 93.8 cm³/mol. The first-order chi connectivity index (χ1) is 11.3. The Balaban J connectivity index is 1.44. The van der Waals surface area contributed by atoms with Gasteiger partial charge in [0.1, 0.15) is 0 Å². The van der Waals surface area contributed by atoms with Crippen LogP contribution in [0.1, 0.15) is 25.3 Å². The van der Waals surface area contributed by atoms with Gasteiger partial charge < -0.3 is 5.32 Å². The van der Waals surface area contributed by atoms with Gasteiger partial charge in [-0.3, -0.25) is 9.58 Å². The van der Waals surface area contributed by atoms with Gasteiger partial charge in [0.2, 0.25) is 0 Å². The fourth-order valence-corrected chi connectivity index (χ4v) is 4.00. The van der Waals surface area contributed by atoms with Crippen LogP contribution in [0.2, 0.25) is 5.02 Å². The highest BCUT2D eigenvalue weighted by atomic mass is 35.5. The topological polar surface area (TPSA) is 33.1 Å². The van der Waals surface area contributed by atoms with Gasteiger partial charge in [-0.05, 0) is 37.5 Å². The van der Waals surface area contributed by atoms with Gasteiger partial charge in [0.25, 0.3) is 0 Å². The van der Waals surface area contributed by atoms with Crippen molar-refractivity contribution in [2.45, 2.75) is 31.3 Å². The van der Waals surface area contributed by atoms with E-state index in [1.165, 1.54) is 32.4 Å². The van der Waals surface area contributed by atoms with Crippen LogP contribution in [0.15, 0.2) is 36.5 Å². The highest BCUT2D eigenvalue weighted by Crippen LogP contribution is 2.33. The third kappa shape index (κ3) is 3.30. The van der Waals surface area contributed by atoms with E-state index < -0.39 is 0 Å². The van der Waals surface area contributed by atoms with Crippen molar-refractivity contribution in [3.8, 4) is 11.3 Å². The number of benzene rings is 1. The standard InChI is InChI=1S/C18H23ClN4/c19-15-3-1-14(2-4-15)18-7-10-23(21-18)17-6-5-16(13-17)22-11-8-20-9-12-22/h1-4,7,10,16-17,20H,5-6,8-9,11-13H2/t16-,17-/m0/s1. The molecule has 2 aliphatic rings. The summed E-state index contributed by atoms with van der Waals surface area (Å²) in [7, 11) is 0. The summed E-state index contributed by atoms with van der Waals surface area (Å²) in [6.45, 7) is 4.63. The number of hydrogen-bond acceptors (Lipinski definition) is 3. The lowest BCUT2D eigenvalue weighted by Crippen LogP contribution is -2.47. The van der Waals surface area contributed by atoms with E-state index in [1.54, 1.807) is 0 Å². The molecule has 122 valence electrons. The number of piperazine rings is 1. The minimum atomic E-state index is 0.538. The summed E-state index contributed by atoms with van der Waals surface area (Å²) < 4.78 is 2.17. The predicted octanol–water partition coefficient (Wildman–Crippen LogP) is 3.20. The summed E-state index contributed by atoms with van der Waals surface area (Å²) >= 11 is 5.96. The maximum Gasteiger partial charge on any atom is 0.0923 e. The number of rotatable bonds is 3. The summed E-state index contributed by atoms with van der Waals surface area (Å²) in [5.41, 5.74) is 2.16. The van der Waals surface area contributed by atoms with Crippen LogP contribution in [0.4, 0.5) is 0 Å². The molecular weight excluding hydrogens is 308 g/mol. The van der Waals surface area contributed by atoms with Crippen LogP contribution in [0.5, 0.6) is 0 Å². The fourth-order valence-electron chi connectivity index (χ4n) is 3.87. The first kappa shape index (κ1) is 15.2. The van der Waals surface area contributed by atoms with Gasteiger partial charge in [0.05, 0.1) is 11.7 Å². The molecule has 1 aromatic carbocycles. The van der Waals surface area contributed by atoms with E-state index in [4.69, 9.17) is 16.7 Å². The average Bonchev–Trinajstić information content (AvgIpc) is 3.26. The molecule has 1 saturated heterocycles. The van der Waals surface area contributed by atoms with Crippen molar-refractivity contribution in [2.24, 2.45) is 0 Å². The zero-order chi connectivity index (χ0) is 15.6. The Kier molecular flexibility index (Phi) is 4.38. The molecule has 1 N–H and O–H groups in total. The summed E-state index contributed by atoms with van der Waals surface area (Å²) in [4.78, 5) is 2.65. The van der Waals surface area contributed by atoms with Crippen molar-refractivity contribution in [1.29, 1.82) is 0 Å². The zero-order valence-corrected chi connectivity index (χ0v) is 14.0. The molecule has 1 aromatic heterocycles. The Morgan fingerprint density at radius 3 is 2.52 bits per heavy atom. The van der Waals surface area contributed by atoms with Crippen molar-refractivity contribution in [1.82, 2.24) is 20.0 Å². The Bertz CT molecular complexity index is 645. The molecule has 0 amide bonds. The van der Waals surface area contributed by atoms with E-state index >= 15 is 0 Å². The molecule has 4 nitrogen and oxygen atoms in total. The van der Waals surface area contributed by atoms with Crippen LogP contribution in [0.3, 0.4) is 0 Å². The van der Waals surface area contributed by atoms with Gasteiger partial charge in [0, 0.05) is 49.0 Å². The largest absolute Gasteiger partial charge is 0.314 e. The van der Waals surface area contributed by atoms with Gasteiger partial charge in [-0.25, -0.2) is 0 Å². The van der Waals surface area contributed by atoms with Gasteiger partial charge in [-0.2, -0.15) is 5.10 Å². The molecule has 0 spiro atoms. The Morgan fingerprint density at radius 2 is 1.74 bits per heavy atom. The minimum Gasteiger partial charge on any atom is -0.314 e. The third-order valence-electron chi connectivity index (χ3n) is 5.17. The van der Waals surface area contributed by atoms with E-state index in [1.807, 2.05) is 24.3 Å². The molecule has 2 atom stereocenters. The SMILES string of the molecule is Clc1ccc(-c2ccn([C@H]3CC[C@H](N4CCNCC4)C3)n2)cc1. The van der Waals surface area contributed by atoms with E-state index in [0.29, 0.717) is 6.04 Å². The number of nitrogens with zero attached hydrogens (tertiary/aromatic N) is 3. The van der Waals surface area contributed by atoms with Crippen molar-refractivity contribution in [3.63, 3.8) is 0 Å². The normalized spacial score (nSPS) is 25.8. The summed E-state index contributed by atoms with van der Waals surface area (Å²) in [5, 5.41) is 9.02. The summed E-state index contributed by atoms with van der Waals surface area (Å²) in [6, 6.07) is 11.3. The second-order valence-electron chi connectivity index (χ2n) is 6.59. The van der Waals surface area contributed by atoms with E-state index in [-0.39, 0.29) is 0 Å². The number of halogens is 1. The molecule has 2 fully saturated rings. The van der Waals surface area contributed by atoms with Crippen LogP contribution in [0.25, 0.3) is 11.3 Å². The van der Waals surface area contributed by atoms with Crippen molar-refractivity contribution in [2.75, 3.05) is 26.2 Å². The lowest BCUT2D eigenvalue weighted by atomic mass is 10.2. The fraction of sp³-hybridized carbons (Fsp3) is 0.500. The van der Waals surface area contributed by atoms with Crippen LogP contribution in [0, 0.1) is 0 Å². The average molecular weight is 331 g/mol. The smallest absolute Gasteiger partial charge is 0.0923 e. The van der Waals surface area contributed by atoms with Crippen molar-refractivity contribution < 1.29 is 0 Å². The van der Waals surface area contributed by atoms with Gasteiger partial charge >= 0.3 is 0 Å². The molecule has 0 bridgehead atoms. The summed E-state index contributed by atoms with van der Waals surface area (Å²) in [5.74, 6) is 0. The van der Waals surface area contributed by atoms with Crippen molar-refractivity contribution in [3.05, 3.63) is 41.6 Å². The van der Waals surface area contributed by atoms with Crippen LogP contribution in [-0.2, 0) is 0 Å². The first-order valence-electron chi connectivity index (χ1n) is 8.55. The summed E-state index contributed by atoms with van der Waals surface area (Å²) in [6.07, 6.45) is 5.88. The van der Waals surface area contributed by atoms with Gasteiger partial charge in [-0.1, -0.05) is 23.7 Å². The Morgan fingerprint density at radius 1 is 1.00 bits per heavy atom. The molecule has 23 heavy (non-hydrogen) atoms. The molecule has 1 saturated carbocycles. The minimum absolute atomic E-state index is 0.538. The molecule has 5 heteroatoms. The Hall–Kier alpha value is -1.36. The van der Waals surface area contributed by atoms with Crippen molar-refractivity contribution >= 4 is 11.6 Å². The number of nitrogens with one attached hydrogen (secondary N) is 1. The Labute approximate surface area is 142 Å². The van der Waals surface area contributed by atoms with Gasteiger partial charge in [-0.15, -0.1) is 0 Å². The molecular formula is C18H23ClN4. The zero-order valence-electron chi connectivity index (χ0n) is 13.3. The molecule has 2 heterocycles. The second kappa shape index (κ2) is 6.63. The third-order valence-corrected chi connectivity index (χ3v) is 5.42. The van der Waals surface area contributed by atoms with E-state index in [0.717, 1.165) is 35.4 Å². The first-order valence-corrected chi connectivity index (χ1v) is 8.93. The quantitative estimate of drug-likeness (QED) is 0.938. The molecule has 1 aliphatic carbocycles. The highest BCUT2D eigenvalue weighted by Gasteiger charge is 2.31. The molecule has 0 unspecified atom stereocenters. The number of aromatic nitrogens is 2. The second-order valence-corrected chi connectivity index (χ2v) is 7.03. The monoisotopic (exact) mass is 330 g/mol. The molecule has 4 rings (SSSR count). The lowest BCUT2D eigenvalue weighted by Gasteiger charge is -2.32. The molecule has 0 radical (unpaired) electrons. The maximum absolute atomic E-state index is 5.96. The molecule has 1 aliphatic heterocycles. The van der Waals surface area contributed by atoms with Gasteiger partial charge in [0.15, 0.2) is 0 Å². The van der Waals surface area contributed by atoms with Crippen LogP contribution >= 0.6 is 11.6 Å². The van der Waals surface area contributed by atoms with E-state index in [2.05, 4.69) is 27.2 Å². The lowest BCUT2D eigenvalue weighted by molar-refractivity contribution is 0.171. The van der Waals surface area contributed by atoms with Crippen LogP contribution in [-0.4, -0.2) is 46.9 Å². The highest BCUT2D eigenvalue weighted by molar-refractivity contribution is 6.30. The van der Waals surface area contributed by atoms with E-state index in [9.17, 15) is 0 Å². The maximum atomic E-state index is 5.96. The molecule has 2 aromatic rings. The number of hydrogen-bond donors (Lipinski definition) is 1. The van der Waals surface area contributed by atoms with Crippen LogP contribution < -0.4 is 5.32 Å².